The highest BCUT2D eigenvalue weighted by Gasteiger charge is 2.22. The number of hydrogen-bond acceptors (Lipinski definition) is 6. The van der Waals surface area contributed by atoms with Crippen molar-refractivity contribution in [3.8, 4) is 11.3 Å². The first kappa shape index (κ1) is 18.0. The summed E-state index contributed by atoms with van der Waals surface area (Å²) in [5.41, 5.74) is 3.30. The van der Waals surface area contributed by atoms with Gasteiger partial charge in [0.05, 0.1) is 22.1 Å². The summed E-state index contributed by atoms with van der Waals surface area (Å²) in [6, 6.07) is 7.63. The molecule has 6 rings (SSSR count). The lowest BCUT2D eigenvalue weighted by atomic mass is 10.1. The maximum absolute atomic E-state index is 12.9. The molecule has 0 saturated carbocycles. The fourth-order valence-electron chi connectivity index (χ4n) is 4.52. The second-order valence-corrected chi connectivity index (χ2v) is 7.80. The van der Waals surface area contributed by atoms with Crippen LogP contribution in [0.4, 0.5) is 0 Å². The average Bonchev–Trinajstić information content (AvgIpc) is 3.23. The zero-order chi connectivity index (χ0) is 20.9. The molecule has 9 nitrogen and oxygen atoms in total. The van der Waals surface area contributed by atoms with Gasteiger partial charge in [-0.25, -0.2) is 14.8 Å². The molecule has 31 heavy (non-hydrogen) atoms. The molecule has 0 amide bonds. The number of aromatic nitrogens is 6. The van der Waals surface area contributed by atoms with Crippen molar-refractivity contribution >= 4 is 33.0 Å². The van der Waals surface area contributed by atoms with Crippen LogP contribution in [-0.4, -0.2) is 42.6 Å². The van der Waals surface area contributed by atoms with Crippen LogP contribution in [0.15, 0.2) is 52.4 Å². The Morgan fingerprint density at radius 1 is 1.03 bits per heavy atom. The van der Waals surface area contributed by atoms with E-state index in [1.165, 1.54) is 6.20 Å². The van der Waals surface area contributed by atoms with E-state index in [4.69, 9.17) is 4.98 Å². The Hall–Kier alpha value is -3.85. The molecule has 154 valence electrons. The standard InChI is InChI=1S/C22H19N7O2/c30-21-15-11-25-17-4-3-16(14-10-26-20-13(14)2-1-7-24-20)27-18(17)19(15)29(22(31)28-21)12-5-8-23-9-6-12/h1-4,7,10-12,23H,5-6,8-9H2,(H,24,26)(H,28,30,31). The Morgan fingerprint density at radius 3 is 2.77 bits per heavy atom. The summed E-state index contributed by atoms with van der Waals surface area (Å²) in [6.07, 6.45) is 6.75. The molecule has 0 bridgehead atoms. The molecule has 1 saturated heterocycles. The molecule has 1 aliphatic rings. The molecule has 5 aromatic heterocycles. The molecular formula is C22H19N7O2. The second-order valence-electron chi connectivity index (χ2n) is 7.80. The Kier molecular flexibility index (Phi) is 3.97. The number of aromatic amines is 2. The van der Waals surface area contributed by atoms with Crippen molar-refractivity contribution in [3.05, 3.63) is 63.7 Å². The summed E-state index contributed by atoms with van der Waals surface area (Å²) < 4.78 is 1.70. The zero-order valence-electron chi connectivity index (χ0n) is 16.6. The van der Waals surface area contributed by atoms with Gasteiger partial charge in [0.15, 0.2) is 0 Å². The summed E-state index contributed by atoms with van der Waals surface area (Å²) in [7, 11) is 0. The van der Waals surface area contributed by atoms with E-state index in [0.717, 1.165) is 48.2 Å². The van der Waals surface area contributed by atoms with E-state index in [-0.39, 0.29) is 6.04 Å². The smallest absolute Gasteiger partial charge is 0.329 e. The van der Waals surface area contributed by atoms with Crippen molar-refractivity contribution in [2.24, 2.45) is 0 Å². The molecule has 0 unspecified atom stereocenters. The van der Waals surface area contributed by atoms with Crippen molar-refractivity contribution < 1.29 is 0 Å². The molecular weight excluding hydrogens is 394 g/mol. The quantitative estimate of drug-likeness (QED) is 0.381. The fraction of sp³-hybridized carbons (Fsp3) is 0.227. The van der Waals surface area contributed by atoms with Gasteiger partial charge < -0.3 is 10.3 Å². The average molecular weight is 413 g/mol. The molecule has 1 aliphatic heterocycles. The van der Waals surface area contributed by atoms with Crippen LogP contribution < -0.4 is 16.6 Å². The molecule has 0 aliphatic carbocycles. The highest BCUT2D eigenvalue weighted by molar-refractivity contribution is 6.02. The van der Waals surface area contributed by atoms with Gasteiger partial charge >= 0.3 is 5.69 Å². The minimum Gasteiger partial charge on any atom is -0.345 e. The van der Waals surface area contributed by atoms with E-state index in [1.54, 1.807) is 10.8 Å². The predicted molar refractivity (Wildman–Crippen MR) is 118 cm³/mol. The summed E-state index contributed by atoms with van der Waals surface area (Å²) in [4.78, 5) is 44.8. The first-order chi connectivity index (χ1) is 15.2. The van der Waals surface area contributed by atoms with E-state index >= 15 is 0 Å². The first-order valence-corrected chi connectivity index (χ1v) is 10.3. The predicted octanol–water partition coefficient (Wildman–Crippen LogP) is 2.10. The number of fused-ring (bicyclic) bond motifs is 4. The zero-order valence-corrected chi connectivity index (χ0v) is 16.6. The van der Waals surface area contributed by atoms with E-state index < -0.39 is 11.2 Å². The number of nitrogens with zero attached hydrogens (tertiary/aromatic N) is 4. The minimum atomic E-state index is -0.442. The van der Waals surface area contributed by atoms with Gasteiger partial charge in [0, 0.05) is 35.6 Å². The van der Waals surface area contributed by atoms with E-state index in [9.17, 15) is 9.59 Å². The van der Waals surface area contributed by atoms with Gasteiger partial charge in [0.1, 0.15) is 11.2 Å². The first-order valence-electron chi connectivity index (χ1n) is 10.3. The van der Waals surface area contributed by atoms with Crippen molar-refractivity contribution in [3.63, 3.8) is 0 Å². The van der Waals surface area contributed by atoms with Crippen LogP contribution in [0.2, 0.25) is 0 Å². The number of rotatable bonds is 2. The van der Waals surface area contributed by atoms with Crippen LogP contribution in [0.5, 0.6) is 0 Å². The summed E-state index contributed by atoms with van der Waals surface area (Å²) in [5, 5.41) is 4.65. The summed E-state index contributed by atoms with van der Waals surface area (Å²) in [6.45, 7) is 1.64. The van der Waals surface area contributed by atoms with Crippen LogP contribution in [-0.2, 0) is 0 Å². The molecule has 0 spiro atoms. The normalized spacial score (nSPS) is 15.2. The molecule has 6 heterocycles. The Morgan fingerprint density at radius 2 is 1.90 bits per heavy atom. The van der Waals surface area contributed by atoms with E-state index in [1.807, 2.05) is 30.5 Å². The topological polar surface area (TPSA) is 121 Å². The van der Waals surface area contributed by atoms with Crippen LogP contribution in [0.3, 0.4) is 0 Å². The van der Waals surface area contributed by atoms with Crippen molar-refractivity contribution in [2.75, 3.05) is 13.1 Å². The monoisotopic (exact) mass is 413 g/mol. The third kappa shape index (κ3) is 2.77. The largest absolute Gasteiger partial charge is 0.345 e. The number of H-pyrrole nitrogens is 2. The second kappa shape index (κ2) is 6.85. The van der Waals surface area contributed by atoms with Gasteiger partial charge in [0.2, 0.25) is 0 Å². The molecule has 0 aromatic carbocycles. The molecule has 9 heteroatoms. The number of hydrogen-bond donors (Lipinski definition) is 3. The number of piperidine rings is 1. The van der Waals surface area contributed by atoms with Crippen molar-refractivity contribution in [1.82, 2.24) is 34.8 Å². The Balaban J connectivity index is 1.69. The molecule has 3 N–H and O–H groups in total. The summed E-state index contributed by atoms with van der Waals surface area (Å²) in [5.74, 6) is 0. The maximum atomic E-state index is 12.9. The van der Waals surface area contributed by atoms with Gasteiger partial charge in [-0.05, 0) is 50.2 Å². The van der Waals surface area contributed by atoms with Crippen LogP contribution in [0, 0.1) is 0 Å². The molecule has 1 fully saturated rings. The highest BCUT2D eigenvalue weighted by atomic mass is 16.2. The van der Waals surface area contributed by atoms with Crippen LogP contribution in [0.25, 0.3) is 44.2 Å². The number of nitrogens with one attached hydrogen (secondary N) is 3. The van der Waals surface area contributed by atoms with Crippen LogP contribution in [0.1, 0.15) is 18.9 Å². The lowest BCUT2D eigenvalue weighted by molar-refractivity contribution is 0.365. The van der Waals surface area contributed by atoms with Gasteiger partial charge in [-0.3, -0.25) is 19.3 Å². The van der Waals surface area contributed by atoms with E-state index in [0.29, 0.717) is 21.9 Å². The maximum Gasteiger partial charge on any atom is 0.329 e. The number of pyridine rings is 3. The molecule has 5 aromatic rings. The van der Waals surface area contributed by atoms with Crippen molar-refractivity contribution in [1.29, 1.82) is 0 Å². The molecule has 0 atom stereocenters. The third-order valence-electron chi connectivity index (χ3n) is 6.01. The Bertz CT molecular complexity index is 1570. The fourth-order valence-corrected chi connectivity index (χ4v) is 4.52. The lowest BCUT2D eigenvalue weighted by Crippen LogP contribution is -2.38. The van der Waals surface area contributed by atoms with Gasteiger partial charge in [-0.1, -0.05) is 0 Å². The van der Waals surface area contributed by atoms with E-state index in [2.05, 4.69) is 25.3 Å². The Labute approximate surface area is 175 Å². The summed E-state index contributed by atoms with van der Waals surface area (Å²) >= 11 is 0. The SMILES string of the molecule is O=c1[nH]c(=O)n(C2CCNCC2)c2c1cnc1ccc(-c3c[nH]c4ncccc34)nc12. The minimum absolute atomic E-state index is 0.0126. The van der Waals surface area contributed by atoms with Gasteiger partial charge in [0.25, 0.3) is 5.56 Å². The van der Waals surface area contributed by atoms with Gasteiger partial charge in [-0.2, -0.15) is 0 Å². The van der Waals surface area contributed by atoms with Crippen LogP contribution >= 0.6 is 0 Å². The lowest BCUT2D eigenvalue weighted by Gasteiger charge is -2.26. The van der Waals surface area contributed by atoms with Crippen molar-refractivity contribution in [2.45, 2.75) is 18.9 Å². The van der Waals surface area contributed by atoms with Gasteiger partial charge in [-0.15, -0.1) is 0 Å². The highest BCUT2D eigenvalue weighted by Crippen LogP contribution is 2.30. The third-order valence-corrected chi connectivity index (χ3v) is 6.01. The molecule has 0 radical (unpaired) electrons.